The molecule has 18 heavy (non-hydrogen) atoms. The molecule has 2 rings (SSSR count). The number of aryl methyl sites for hydroxylation is 1. The molecule has 0 atom stereocenters. The Kier molecular flexibility index (Phi) is 3.45. The summed E-state index contributed by atoms with van der Waals surface area (Å²) >= 11 is 1.12. The van der Waals surface area contributed by atoms with Crippen LogP contribution in [0.5, 0.6) is 0 Å². The van der Waals surface area contributed by atoms with Crippen LogP contribution in [0.25, 0.3) is 10.2 Å². The molecule has 0 aliphatic rings. The van der Waals surface area contributed by atoms with Gasteiger partial charge in [-0.05, 0) is 32.0 Å². The standard InChI is InChI=1S/C11H14N2O3S2/c1-3-13-9-6-5-8(12-18(15,16)4-2)7-10(9)17-11(13)14/h5-7,12H,3-4H2,1-2H3. The maximum atomic E-state index is 11.7. The van der Waals surface area contributed by atoms with E-state index in [1.165, 1.54) is 0 Å². The Morgan fingerprint density at radius 3 is 2.67 bits per heavy atom. The van der Waals surface area contributed by atoms with E-state index in [1.54, 1.807) is 29.7 Å². The lowest BCUT2D eigenvalue weighted by molar-refractivity contribution is 0.602. The lowest BCUT2D eigenvalue weighted by atomic mass is 10.3. The summed E-state index contributed by atoms with van der Waals surface area (Å²) in [5.74, 6) is 0.0250. The lowest BCUT2D eigenvalue weighted by Crippen LogP contribution is -2.14. The molecule has 0 fully saturated rings. The van der Waals surface area contributed by atoms with Crippen molar-refractivity contribution in [3.8, 4) is 0 Å². The van der Waals surface area contributed by atoms with E-state index in [4.69, 9.17) is 0 Å². The van der Waals surface area contributed by atoms with Crippen LogP contribution in [0.3, 0.4) is 0 Å². The third-order valence-electron chi connectivity index (χ3n) is 2.64. The molecule has 5 nitrogen and oxygen atoms in total. The molecule has 2 aromatic rings. The highest BCUT2D eigenvalue weighted by molar-refractivity contribution is 7.92. The van der Waals surface area contributed by atoms with E-state index in [0.29, 0.717) is 12.2 Å². The Balaban J connectivity index is 2.49. The molecule has 1 aromatic heterocycles. The van der Waals surface area contributed by atoms with E-state index in [0.717, 1.165) is 21.6 Å². The summed E-state index contributed by atoms with van der Waals surface area (Å²) in [6.07, 6.45) is 0. The van der Waals surface area contributed by atoms with E-state index in [1.807, 2.05) is 6.92 Å². The summed E-state index contributed by atoms with van der Waals surface area (Å²) < 4.78 is 27.8. The van der Waals surface area contributed by atoms with Crippen LogP contribution in [-0.4, -0.2) is 18.7 Å². The summed E-state index contributed by atoms with van der Waals surface area (Å²) in [5.41, 5.74) is 1.33. The predicted molar refractivity (Wildman–Crippen MR) is 74.8 cm³/mol. The average Bonchev–Trinajstić information content (AvgIpc) is 2.63. The number of nitrogens with zero attached hydrogens (tertiary/aromatic N) is 1. The molecule has 1 heterocycles. The molecule has 7 heteroatoms. The molecule has 0 aliphatic heterocycles. The fourth-order valence-electron chi connectivity index (χ4n) is 1.68. The van der Waals surface area contributed by atoms with Crippen molar-refractivity contribution in [3.63, 3.8) is 0 Å². The van der Waals surface area contributed by atoms with Crippen LogP contribution in [0.15, 0.2) is 23.0 Å². The van der Waals surface area contributed by atoms with Gasteiger partial charge in [-0.1, -0.05) is 11.3 Å². The molecule has 0 unspecified atom stereocenters. The summed E-state index contributed by atoms with van der Waals surface area (Å²) in [6.45, 7) is 4.09. The molecule has 1 aromatic carbocycles. The van der Waals surface area contributed by atoms with Crippen molar-refractivity contribution in [1.29, 1.82) is 0 Å². The molecule has 0 saturated heterocycles. The number of rotatable bonds is 4. The Morgan fingerprint density at radius 1 is 1.33 bits per heavy atom. The molecular formula is C11H14N2O3S2. The molecule has 98 valence electrons. The molecule has 0 spiro atoms. The minimum atomic E-state index is -3.28. The Hall–Kier alpha value is -1.34. The third-order valence-corrected chi connectivity index (χ3v) is 4.89. The molecular weight excluding hydrogens is 272 g/mol. The van der Waals surface area contributed by atoms with Crippen molar-refractivity contribution in [3.05, 3.63) is 27.9 Å². The number of hydrogen-bond donors (Lipinski definition) is 1. The molecule has 0 bridgehead atoms. The predicted octanol–water partition coefficient (Wildman–Crippen LogP) is 1.84. The van der Waals surface area contributed by atoms with Gasteiger partial charge in [0.25, 0.3) is 0 Å². The summed E-state index contributed by atoms with van der Waals surface area (Å²) in [4.78, 5) is 11.6. The van der Waals surface area contributed by atoms with Gasteiger partial charge in [-0.25, -0.2) is 8.42 Å². The van der Waals surface area contributed by atoms with Crippen LogP contribution in [0.1, 0.15) is 13.8 Å². The molecule has 0 saturated carbocycles. The quantitative estimate of drug-likeness (QED) is 0.932. The Morgan fingerprint density at radius 2 is 2.06 bits per heavy atom. The summed E-state index contributed by atoms with van der Waals surface area (Å²) in [6, 6.07) is 5.14. The smallest absolute Gasteiger partial charge is 0.299 e. The second-order valence-corrected chi connectivity index (χ2v) is 6.80. The first-order chi connectivity index (χ1) is 8.46. The number of hydrogen-bond acceptors (Lipinski definition) is 4. The lowest BCUT2D eigenvalue weighted by Gasteiger charge is -2.06. The number of benzene rings is 1. The van der Waals surface area contributed by atoms with Crippen LogP contribution in [-0.2, 0) is 16.6 Å². The maximum Gasteiger partial charge on any atom is 0.308 e. The van der Waals surface area contributed by atoms with Gasteiger partial charge in [0, 0.05) is 6.54 Å². The number of anilines is 1. The zero-order valence-corrected chi connectivity index (χ0v) is 11.8. The zero-order chi connectivity index (χ0) is 13.3. The minimum Gasteiger partial charge on any atom is -0.299 e. The van der Waals surface area contributed by atoms with Crippen molar-refractivity contribution in [1.82, 2.24) is 4.57 Å². The number of nitrogens with one attached hydrogen (secondary N) is 1. The topological polar surface area (TPSA) is 68.2 Å². The molecule has 1 N–H and O–H groups in total. The van der Waals surface area contributed by atoms with Gasteiger partial charge in [-0.15, -0.1) is 0 Å². The first-order valence-corrected chi connectivity index (χ1v) is 8.07. The van der Waals surface area contributed by atoms with Crippen LogP contribution in [0.4, 0.5) is 5.69 Å². The monoisotopic (exact) mass is 286 g/mol. The third kappa shape index (κ3) is 2.41. The van der Waals surface area contributed by atoms with Crippen molar-refractivity contribution in [2.45, 2.75) is 20.4 Å². The van der Waals surface area contributed by atoms with Gasteiger partial charge < -0.3 is 0 Å². The van der Waals surface area contributed by atoms with E-state index in [9.17, 15) is 13.2 Å². The van der Waals surface area contributed by atoms with Gasteiger partial charge >= 0.3 is 4.87 Å². The van der Waals surface area contributed by atoms with Gasteiger partial charge in [-0.3, -0.25) is 14.1 Å². The second-order valence-electron chi connectivity index (χ2n) is 3.80. The summed E-state index contributed by atoms with van der Waals surface area (Å²) in [5, 5.41) is 0. The zero-order valence-electron chi connectivity index (χ0n) is 10.1. The van der Waals surface area contributed by atoms with E-state index in [2.05, 4.69) is 4.72 Å². The van der Waals surface area contributed by atoms with E-state index >= 15 is 0 Å². The Bertz CT molecular complexity index is 728. The number of thiazole rings is 1. The van der Waals surface area contributed by atoms with Crippen LogP contribution < -0.4 is 9.60 Å². The largest absolute Gasteiger partial charge is 0.308 e. The highest BCUT2D eigenvalue weighted by atomic mass is 32.2. The van der Waals surface area contributed by atoms with Gasteiger partial charge in [-0.2, -0.15) is 0 Å². The fourth-order valence-corrected chi connectivity index (χ4v) is 3.31. The van der Waals surface area contributed by atoms with Gasteiger partial charge in [0.05, 0.1) is 21.7 Å². The number of aromatic nitrogens is 1. The number of sulfonamides is 1. The molecule has 0 radical (unpaired) electrons. The van der Waals surface area contributed by atoms with Gasteiger partial charge in [0.2, 0.25) is 10.0 Å². The van der Waals surface area contributed by atoms with Crippen molar-refractivity contribution in [2.24, 2.45) is 0 Å². The Labute approximate surface area is 109 Å². The van der Waals surface area contributed by atoms with Crippen molar-refractivity contribution in [2.75, 3.05) is 10.5 Å². The van der Waals surface area contributed by atoms with E-state index < -0.39 is 10.0 Å². The maximum absolute atomic E-state index is 11.7. The highest BCUT2D eigenvalue weighted by Gasteiger charge is 2.10. The van der Waals surface area contributed by atoms with Crippen LogP contribution in [0.2, 0.25) is 0 Å². The van der Waals surface area contributed by atoms with Gasteiger partial charge in [0.1, 0.15) is 0 Å². The highest BCUT2D eigenvalue weighted by Crippen LogP contribution is 2.22. The fraction of sp³-hybridized carbons (Fsp3) is 0.364. The van der Waals surface area contributed by atoms with Gasteiger partial charge in [0.15, 0.2) is 0 Å². The van der Waals surface area contributed by atoms with Crippen molar-refractivity contribution < 1.29 is 8.42 Å². The van der Waals surface area contributed by atoms with Crippen LogP contribution >= 0.6 is 11.3 Å². The number of fused-ring (bicyclic) bond motifs is 1. The summed E-state index contributed by atoms with van der Waals surface area (Å²) in [7, 11) is -3.28. The first-order valence-electron chi connectivity index (χ1n) is 5.60. The molecule has 0 amide bonds. The first kappa shape index (κ1) is 13.1. The van der Waals surface area contributed by atoms with Crippen LogP contribution in [0, 0.1) is 0 Å². The second kappa shape index (κ2) is 4.74. The van der Waals surface area contributed by atoms with E-state index in [-0.39, 0.29) is 10.6 Å². The SMILES string of the molecule is CCn1c(=O)sc2cc(NS(=O)(=O)CC)ccc21. The average molecular weight is 286 g/mol. The minimum absolute atomic E-state index is 0.0250. The molecule has 0 aliphatic carbocycles. The van der Waals surface area contributed by atoms with Crippen molar-refractivity contribution >= 4 is 37.3 Å². The normalized spacial score (nSPS) is 11.9.